The van der Waals surface area contributed by atoms with Crippen LogP contribution in [0.1, 0.15) is 27.1 Å². The van der Waals surface area contributed by atoms with E-state index in [1.165, 1.54) is 0 Å². The van der Waals surface area contributed by atoms with Crippen molar-refractivity contribution >= 4 is 23.9 Å². The van der Waals surface area contributed by atoms with Crippen LogP contribution in [0.5, 0.6) is 0 Å². The first-order chi connectivity index (χ1) is 8.59. The molecule has 9 nitrogen and oxygen atoms in total. The molecule has 20 heavy (non-hydrogen) atoms. The van der Waals surface area contributed by atoms with E-state index in [0.717, 1.165) is 0 Å². The molecule has 0 saturated heterocycles. The third kappa shape index (κ3) is 7.43. The largest absolute Gasteiger partial charge is 1.00 e. The van der Waals surface area contributed by atoms with Crippen LogP contribution in [0.15, 0.2) is 0 Å². The summed E-state index contributed by atoms with van der Waals surface area (Å²) in [5.41, 5.74) is 3.68. The van der Waals surface area contributed by atoms with Crippen molar-refractivity contribution in [2.24, 2.45) is 11.1 Å². The van der Waals surface area contributed by atoms with Crippen molar-refractivity contribution in [3.63, 3.8) is 0 Å². The zero-order valence-corrected chi connectivity index (χ0v) is 12.9. The van der Waals surface area contributed by atoms with Gasteiger partial charge in [-0.15, -0.1) is 0 Å². The minimum absolute atomic E-state index is 0. The van der Waals surface area contributed by atoms with Gasteiger partial charge in [-0.2, -0.15) is 0 Å². The molecule has 0 rings (SSSR count). The summed E-state index contributed by atoms with van der Waals surface area (Å²) < 4.78 is 0. The zero-order valence-electron chi connectivity index (χ0n) is 11.9. The van der Waals surface area contributed by atoms with E-state index in [1.807, 2.05) is 0 Å². The molecule has 0 spiro atoms. The normalized spacial score (nSPS) is 12.1. The minimum atomic E-state index is -1.85. The van der Waals surface area contributed by atoms with Crippen molar-refractivity contribution in [2.75, 3.05) is 0 Å². The van der Waals surface area contributed by atoms with Crippen molar-refractivity contribution in [1.82, 2.24) is 0 Å². The molecule has 0 aliphatic carbocycles. The second kappa shape index (κ2) is 8.90. The summed E-state index contributed by atoms with van der Waals surface area (Å²) in [4.78, 5) is 42.9. The van der Waals surface area contributed by atoms with Crippen molar-refractivity contribution in [3.05, 3.63) is 0 Å². The maximum absolute atomic E-state index is 10.8. The smallest absolute Gasteiger partial charge is 1.00 e. The summed E-state index contributed by atoms with van der Waals surface area (Å²) in [5, 5.41) is 34.9. The van der Waals surface area contributed by atoms with E-state index in [2.05, 4.69) is 0 Å². The molecule has 110 valence electrons. The number of hydrogen-bond acceptors (Lipinski definition) is 5. The van der Waals surface area contributed by atoms with Gasteiger partial charge in [-0.25, -0.2) is 0 Å². The first kappa shape index (κ1) is 21.1. The van der Waals surface area contributed by atoms with Gasteiger partial charge in [-0.1, -0.05) is 0 Å². The number of rotatable bonds is 9. The first-order valence-electron chi connectivity index (χ1n) is 5.22. The van der Waals surface area contributed by atoms with Gasteiger partial charge in [-0.3, -0.25) is 19.2 Å². The fraction of sp³-hybridized carbons (Fsp3) is 0.600. The monoisotopic (exact) mass is 301 g/mol. The molecule has 0 aliphatic rings. The topological polar surface area (TPSA) is 175 Å². The van der Waals surface area contributed by atoms with Crippen molar-refractivity contribution in [2.45, 2.75) is 31.7 Å². The predicted octanol–water partition coefficient (Wildman–Crippen LogP) is -3.68. The predicted molar refractivity (Wildman–Crippen MR) is 60.5 cm³/mol. The summed E-state index contributed by atoms with van der Waals surface area (Å²) in [7, 11) is 0. The fourth-order valence-corrected chi connectivity index (χ4v) is 1.89. The van der Waals surface area contributed by atoms with Gasteiger partial charge in [0.2, 0.25) is 0 Å². The maximum Gasteiger partial charge on any atom is 1.00 e. The van der Waals surface area contributed by atoms with Gasteiger partial charge >= 0.3 is 53.4 Å². The number of hydrogen-bond donors (Lipinski definition) is 5. The van der Waals surface area contributed by atoms with E-state index in [1.54, 1.807) is 0 Å². The molecule has 0 bridgehead atoms. The summed E-state index contributed by atoms with van der Waals surface area (Å²) in [6.07, 6.45) is -3.21. The zero-order chi connectivity index (χ0) is 15.2. The SMILES string of the molecule is NC(CC(=O)O)C(CC(=O)O)(CC(=O)O)CC(=O)O.[H-].[Na+]. The third-order valence-corrected chi connectivity index (χ3v) is 2.69. The van der Waals surface area contributed by atoms with E-state index in [0.29, 0.717) is 0 Å². The number of carbonyl (C=O) groups is 4. The van der Waals surface area contributed by atoms with E-state index in [9.17, 15) is 19.2 Å². The molecular weight excluding hydrogens is 285 g/mol. The van der Waals surface area contributed by atoms with Gasteiger partial charge in [0, 0.05) is 11.5 Å². The molecule has 0 fully saturated rings. The molecule has 0 saturated carbocycles. The van der Waals surface area contributed by atoms with Crippen LogP contribution < -0.4 is 35.3 Å². The Hall–Kier alpha value is -1.16. The van der Waals surface area contributed by atoms with Gasteiger partial charge in [0.15, 0.2) is 0 Å². The Morgan fingerprint density at radius 2 is 1.15 bits per heavy atom. The Bertz CT molecular complexity index is 362. The second-order valence-electron chi connectivity index (χ2n) is 4.28. The standard InChI is InChI=1S/C10H15NO8.Na.H/c11-5(1-6(12)13)10(2-7(14)15,3-8(16)17)4-9(18)19;;/h5H,1-4,11H2,(H,12,13)(H,14,15)(H,16,17)(H,18,19);;/q;+1;-1. The van der Waals surface area contributed by atoms with Crippen LogP contribution in [0.2, 0.25) is 0 Å². The quantitative estimate of drug-likeness (QED) is 0.268. The van der Waals surface area contributed by atoms with Gasteiger partial charge in [-0.05, 0) is 0 Å². The molecule has 10 heteroatoms. The number of nitrogens with two attached hydrogens (primary N) is 1. The number of aliphatic carboxylic acids is 4. The Morgan fingerprint density at radius 3 is 1.35 bits per heavy atom. The van der Waals surface area contributed by atoms with Crippen LogP contribution in [0.25, 0.3) is 0 Å². The second-order valence-corrected chi connectivity index (χ2v) is 4.28. The number of carboxylic acid groups (broad SMARTS) is 4. The molecular formula is C10H16NNaO8. The average Bonchev–Trinajstić information content (AvgIpc) is 2.12. The number of carboxylic acids is 4. The molecule has 0 amide bonds. The van der Waals surface area contributed by atoms with Crippen molar-refractivity contribution in [3.8, 4) is 0 Å². The Labute approximate surface area is 137 Å². The van der Waals surface area contributed by atoms with Crippen molar-refractivity contribution < 1.29 is 70.6 Å². The molecule has 0 aliphatic heterocycles. The molecule has 0 heterocycles. The molecule has 6 N–H and O–H groups in total. The Kier molecular flexibility index (Phi) is 9.41. The van der Waals surface area contributed by atoms with Crippen LogP contribution >= 0.6 is 0 Å². The van der Waals surface area contributed by atoms with Crippen LogP contribution in [0.3, 0.4) is 0 Å². The Morgan fingerprint density at radius 1 is 0.850 bits per heavy atom. The summed E-state index contributed by atoms with van der Waals surface area (Å²) >= 11 is 0. The first-order valence-corrected chi connectivity index (χ1v) is 5.22. The molecule has 1 atom stereocenters. The van der Waals surface area contributed by atoms with Gasteiger partial charge in [0.05, 0.1) is 25.7 Å². The minimum Gasteiger partial charge on any atom is -1.00 e. The van der Waals surface area contributed by atoms with Crippen LogP contribution in [-0.4, -0.2) is 50.3 Å². The summed E-state index contributed by atoms with van der Waals surface area (Å²) in [6.45, 7) is 0. The van der Waals surface area contributed by atoms with Gasteiger partial charge in [0.1, 0.15) is 0 Å². The van der Waals surface area contributed by atoms with Gasteiger partial charge < -0.3 is 27.6 Å². The van der Waals surface area contributed by atoms with Crippen LogP contribution in [0, 0.1) is 5.41 Å². The molecule has 0 radical (unpaired) electrons. The van der Waals surface area contributed by atoms with Gasteiger partial charge in [0.25, 0.3) is 0 Å². The average molecular weight is 301 g/mol. The summed E-state index contributed by atoms with van der Waals surface area (Å²) in [6, 6.07) is -1.40. The van der Waals surface area contributed by atoms with E-state index in [4.69, 9.17) is 26.2 Å². The van der Waals surface area contributed by atoms with Crippen LogP contribution in [-0.2, 0) is 19.2 Å². The van der Waals surface area contributed by atoms with E-state index in [-0.39, 0.29) is 31.0 Å². The molecule has 0 aromatic carbocycles. The molecule has 1 unspecified atom stereocenters. The maximum atomic E-state index is 10.8. The molecule has 0 aromatic heterocycles. The third-order valence-electron chi connectivity index (χ3n) is 2.69. The fourth-order valence-electron chi connectivity index (χ4n) is 1.89. The summed E-state index contributed by atoms with van der Waals surface area (Å²) in [5.74, 6) is -5.69. The molecule has 0 aromatic rings. The Balaban J connectivity index is -0.00000162. The van der Waals surface area contributed by atoms with E-state index >= 15 is 0 Å². The van der Waals surface area contributed by atoms with Crippen molar-refractivity contribution in [1.29, 1.82) is 0 Å². The van der Waals surface area contributed by atoms with E-state index < -0.39 is 61.0 Å². The van der Waals surface area contributed by atoms with Crippen LogP contribution in [0.4, 0.5) is 0 Å².